The summed E-state index contributed by atoms with van der Waals surface area (Å²) < 4.78 is 7.16. The van der Waals surface area contributed by atoms with E-state index in [2.05, 4.69) is 10.3 Å². The summed E-state index contributed by atoms with van der Waals surface area (Å²) in [5.74, 6) is -0.147. The van der Waals surface area contributed by atoms with Gasteiger partial charge in [0.2, 0.25) is 0 Å². The Morgan fingerprint density at radius 3 is 2.38 bits per heavy atom. The number of aromatic nitrogens is 2. The molecule has 1 amide bonds. The number of imidazole rings is 1. The highest BCUT2D eigenvalue weighted by atomic mass is 16.5. The molecule has 0 saturated heterocycles. The number of hydrogen-bond acceptors (Lipinski definition) is 4. The van der Waals surface area contributed by atoms with E-state index in [1.807, 2.05) is 25.3 Å². The molecule has 2 heterocycles. The van der Waals surface area contributed by atoms with Gasteiger partial charge in [-0.15, -0.1) is 0 Å². The lowest BCUT2D eigenvalue weighted by atomic mass is 10.1. The normalized spacial score (nSPS) is 11.0. The third kappa shape index (κ3) is 6.76. The van der Waals surface area contributed by atoms with Gasteiger partial charge in [-0.05, 0) is 31.4 Å². The molecule has 0 unspecified atom stereocenters. The van der Waals surface area contributed by atoms with Crippen LogP contribution >= 0.6 is 0 Å². The molecule has 2 aromatic rings. The Hall–Kier alpha value is -2.57. The quantitative estimate of drug-likeness (QED) is 0.461. The van der Waals surface area contributed by atoms with Crippen LogP contribution in [0.1, 0.15) is 80.9 Å². The molecule has 2 N–H and O–H groups in total. The van der Waals surface area contributed by atoms with Gasteiger partial charge < -0.3 is 15.2 Å². The third-order valence-electron chi connectivity index (χ3n) is 5.06. The van der Waals surface area contributed by atoms with E-state index in [4.69, 9.17) is 9.84 Å². The van der Waals surface area contributed by atoms with Crippen LogP contribution in [-0.4, -0.2) is 40.0 Å². The lowest BCUT2D eigenvalue weighted by Crippen LogP contribution is -2.26. The number of methoxy groups -OCH3 is 1. The van der Waals surface area contributed by atoms with Crippen LogP contribution in [0.3, 0.4) is 0 Å². The summed E-state index contributed by atoms with van der Waals surface area (Å²) in [6, 6.07) is 3.70. The van der Waals surface area contributed by atoms with Gasteiger partial charge in [0.15, 0.2) is 11.4 Å². The van der Waals surface area contributed by atoms with Crippen LogP contribution < -0.4 is 10.1 Å². The third-order valence-corrected chi connectivity index (χ3v) is 5.06. The number of ether oxygens (including phenoxy) is 1. The molecule has 160 valence electrons. The van der Waals surface area contributed by atoms with Crippen molar-refractivity contribution in [1.82, 2.24) is 14.7 Å². The van der Waals surface area contributed by atoms with E-state index in [1.54, 1.807) is 11.5 Å². The predicted octanol–water partition coefficient (Wildman–Crippen LogP) is 4.23. The van der Waals surface area contributed by atoms with Gasteiger partial charge in [-0.1, -0.05) is 45.4 Å². The maximum absolute atomic E-state index is 12.7. The zero-order valence-electron chi connectivity index (χ0n) is 17.6. The summed E-state index contributed by atoms with van der Waals surface area (Å²) >= 11 is 0. The largest absolute Gasteiger partial charge is 0.493 e. The van der Waals surface area contributed by atoms with Crippen LogP contribution in [0.5, 0.6) is 5.75 Å². The van der Waals surface area contributed by atoms with Crippen molar-refractivity contribution in [3.8, 4) is 5.75 Å². The molecule has 0 saturated carbocycles. The first-order valence-electron chi connectivity index (χ1n) is 10.6. The first-order valence-corrected chi connectivity index (χ1v) is 10.6. The molecule has 0 aliphatic rings. The van der Waals surface area contributed by atoms with Crippen LogP contribution in [0.15, 0.2) is 18.3 Å². The molecule has 2 aromatic heterocycles. The van der Waals surface area contributed by atoms with Crippen LogP contribution in [-0.2, 0) is 11.2 Å². The lowest BCUT2D eigenvalue weighted by Gasteiger charge is -2.07. The van der Waals surface area contributed by atoms with Crippen molar-refractivity contribution < 1.29 is 19.4 Å². The van der Waals surface area contributed by atoms with E-state index < -0.39 is 5.97 Å². The van der Waals surface area contributed by atoms with Gasteiger partial charge in [-0.3, -0.25) is 14.0 Å². The van der Waals surface area contributed by atoms with E-state index in [0.29, 0.717) is 30.1 Å². The van der Waals surface area contributed by atoms with Gasteiger partial charge >= 0.3 is 5.97 Å². The molecule has 0 radical (unpaired) electrons. The molecule has 0 fully saturated rings. The highest BCUT2D eigenvalue weighted by molar-refractivity contribution is 5.95. The molecule has 0 atom stereocenters. The fourth-order valence-electron chi connectivity index (χ4n) is 3.48. The zero-order chi connectivity index (χ0) is 21.1. The topological polar surface area (TPSA) is 92.9 Å². The number of carbonyl (C=O) groups excluding carboxylic acids is 1. The zero-order valence-corrected chi connectivity index (χ0v) is 17.6. The van der Waals surface area contributed by atoms with Crippen molar-refractivity contribution in [2.75, 3.05) is 13.7 Å². The van der Waals surface area contributed by atoms with Gasteiger partial charge in [-0.2, -0.15) is 0 Å². The van der Waals surface area contributed by atoms with Crippen LogP contribution in [0.25, 0.3) is 5.65 Å². The average molecular weight is 404 g/mol. The number of nitrogens with one attached hydrogen (secondary N) is 1. The van der Waals surface area contributed by atoms with Gasteiger partial charge in [0.05, 0.1) is 12.8 Å². The molecule has 0 spiro atoms. The molecule has 0 aliphatic heterocycles. The molecular formula is C22H33N3O4. The van der Waals surface area contributed by atoms with Gasteiger partial charge in [0.1, 0.15) is 5.69 Å². The second-order valence-electron chi connectivity index (χ2n) is 7.26. The molecule has 29 heavy (non-hydrogen) atoms. The van der Waals surface area contributed by atoms with Crippen molar-refractivity contribution >= 4 is 17.5 Å². The Bertz CT molecular complexity index is 801. The van der Waals surface area contributed by atoms with Crippen LogP contribution in [0.2, 0.25) is 0 Å². The molecule has 0 bridgehead atoms. The van der Waals surface area contributed by atoms with Crippen molar-refractivity contribution in [2.45, 2.75) is 71.1 Å². The Kier molecular flexibility index (Phi) is 9.47. The highest BCUT2D eigenvalue weighted by Crippen LogP contribution is 2.22. The minimum absolute atomic E-state index is 0.0963. The number of carboxylic acid groups (broad SMARTS) is 1. The summed E-state index contributed by atoms with van der Waals surface area (Å²) in [4.78, 5) is 27.8. The van der Waals surface area contributed by atoms with Crippen molar-refractivity contribution in [1.29, 1.82) is 0 Å². The van der Waals surface area contributed by atoms with E-state index in [0.717, 1.165) is 57.1 Å². The van der Waals surface area contributed by atoms with E-state index in [-0.39, 0.29) is 12.3 Å². The maximum atomic E-state index is 12.7. The molecule has 2 rings (SSSR count). The Morgan fingerprint density at radius 1 is 1.10 bits per heavy atom. The Morgan fingerprint density at radius 2 is 1.76 bits per heavy atom. The molecule has 7 nitrogen and oxygen atoms in total. The van der Waals surface area contributed by atoms with E-state index >= 15 is 0 Å². The fourth-order valence-corrected chi connectivity index (χ4v) is 3.48. The molecule has 7 heteroatoms. The number of nitrogens with zero attached hydrogens (tertiary/aromatic N) is 2. The summed E-state index contributed by atoms with van der Waals surface area (Å²) in [5, 5.41) is 11.6. The first kappa shape index (κ1) is 22.7. The standard InChI is InChI=1S/C22H33N3O4/c1-3-17-20(25-16-12-13-18(29-2)21(25)24-17)22(28)23-15-11-9-7-5-4-6-8-10-14-19(26)27/h12-13,16H,3-11,14-15H2,1-2H3,(H,23,28)(H,26,27). The second kappa shape index (κ2) is 12.1. The lowest BCUT2D eigenvalue weighted by molar-refractivity contribution is -0.137. The van der Waals surface area contributed by atoms with E-state index in [9.17, 15) is 9.59 Å². The monoisotopic (exact) mass is 403 g/mol. The van der Waals surface area contributed by atoms with Crippen molar-refractivity contribution in [3.63, 3.8) is 0 Å². The Balaban J connectivity index is 1.70. The highest BCUT2D eigenvalue weighted by Gasteiger charge is 2.19. The number of hydrogen-bond donors (Lipinski definition) is 2. The SMILES string of the molecule is CCc1nc2c(OC)cccn2c1C(=O)NCCCCCCCCCCC(=O)O. The summed E-state index contributed by atoms with van der Waals surface area (Å²) in [7, 11) is 1.60. The number of carbonyl (C=O) groups is 2. The maximum Gasteiger partial charge on any atom is 0.303 e. The smallest absolute Gasteiger partial charge is 0.303 e. The van der Waals surface area contributed by atoms with Crippen LogP contribution in [0.4, 0.5) is 0 Å². The number of rotatable bonds is 14. The minimum atomic E-state index is -0.707. The number of unbranched alkanes of at least 4 members (excludes halogenated alkanes) is 7. The summed E-state index contributed by atoms with van der Waals surface area (Å²) in [5.41, 5.74) is 2.03. The van der Waals surface area contributed by atoms with Gasteiger partial charge in [0, 0.05) is 19.2 Å². The number of aliphatic carboxylic acids is 1. The summed E-state index contributed by atoms with van der Waals surface area (Å²) in [6.07, 6.45) is 11.1. The Labute approximate surface area is 172 Å². The average Bonchev–Trinajstić information content (AvgIpc) is 3.10. The second-order valence-corrected chi connectivity index (χ2v) is 7.26. The van der Waals surface area contributed by atoms with Gasteiger partial charge in [-0.25, -0.2) is 4.98 Å². The summed E-state index contributed by atoms with van der Waals surface area (Å²) in [6.45, 7) is 2.64. The fraction of sp³-hybridized carbons (Fsp3) is 0.591. The minimum Gasteiger partial charge on any atom is -0.493 e. The van der Waals surface area contributed by atoms with Crippen molar-refractivity contribution in [2.24, 2.45) is 0 Å². The number of pyridine rings is 1. The van der Waals surface area contributed by atoms with Gasteiger partial charge in [0.25, 0.3) is 5.91 Å². The molecule has 0 aromatic carbocycles. The number of fused-ring (bicyclic) bond motifs is 1. The first-order chi connectivity index (χ1) is 14.1. The predicted molar refractivity (Wildman–Crippen MR) is 113 cm³/mol. The number of aryl methyl sites for hydroxylation is 1. The number of carboxylic acids is 1. The molecule has 0 aliphatic carbocycles. The van der Waals surface area contributed by atoms with Crippen LogP contribution in [0, 0.1) is 0 Å². The van der Waals surface area contributed by atoms with E-state index in [1.165, 1.54) is 0 Å². The molecular weight excluding hydrogens is 370 g/mol. The number of amides is 1. The van der Waals surface area contributed by atoms with Crippen molar-refractivity contribution in [3.05, 3.63) is 29.7 Å².